The van der Waals surface area contributed by atoms with Gasteiger partial charge < -0.3 is 14.7 Å². The van der Waals surface area contributed by atoms with Crippen molar-refractivity contribution in [3.63, 3.8) is 0 Å². The molecule has 0 spiro atoms. The number of morpholine rings is 1. The first-order chi connectivity index (χ1) is 10.5. The predicted octanol–water partition coefficient (Wildman–Crippen LogP) is 1.71. The Balaban J connectivity index is 1.89. The molecule has 1 N–H and O–H groups in total. The van der Waals surface area contributed by atoms with Crippen LogP contribution in [0.4, 0.5) is 4.39 Å². The second kappa shape index (κ2) is 7.35. The third-order valence-corrected chi connectivity index (χ3v) is 3.88. The SMILES string of the molecule is C[C@H](CCc1ccccc1F)C(=O)N1CCO[C@@H](C(=O)O)C1. The standard InChI is InChI=1S/C16H20FNO4/c1-11(6-7-12-4-2-3-5-13(12)17)15(19)18-8-9-22-14(10-18)16(20)21/h2-5,11,14H,6-10H2,1H3,(H,20,21)/t11-,14-/m1/s1. The fourth-order valence-corrected chi connectivity index (χ4v) is 2.51. The van der Waals surface area contributed by atoms with Crippen LogP contribution < -0.4 is 0 Å². The number of carbonyl (C=O) groups excluding carboxylic acids is 1. The van der Waals surface area contributed by atoms with Gasteiger partial charge >= 0.3 is 5.97 Å². The third kappa shape index (κ3) is 4.04. The minimum absolute atomic E-state index is 0.0677. The van der Waals surface area contributed by atoms with Gasteiger partial charge in [0.2, 0.25) is 5.91 Å². The second-order valence-corrected chi connectivity index (χ2v) is 5.51. The summed E-state index contributed by atoms with van der Waals surface area (Å²) in [6.45, 7) is 2.47. The van der Waals surface area contributed by atoms with Crippen LogP contribution >= 0.6 is 0 Å². The van der Waals surface area contributed by atoms with E-state index in [2.05, 4.69) is 0 Å². The number of carboxylic acids is 1. The Kier molecular flexibility index (Phi) is 5.49. The van der Waals surface area contributed by atoms with Crippen LogP contribution in [0.2, 0.25) is 0 Å². The molecule has 1 aromatic carbocycles. The van der Waals surface area contributed by atoms with Crippen LogP contribution in [0.15, 0.2) is 24.3 Å². The van der Waals surface area contributed by atoms with E-state index in [0.717, 1.165) is 0 Å². The number of hydrogen-bond donors (Lipinski definition) is 1. The highest BCUT2D eigenvalue weighted by atomic mass is 19.1. The van der Waals surface area contributed by atoms with E-state index in [4.69, 9.17) is 9.84 Å². The molecule has 1 amide bonds. The van der Waals surface area contributed by atoms with Crippen LogP contribution in [-0.4, -0.2) is 47.7 Å². The quantitative estimate of drug-likeness (QED) is 0.899. The fourth-order valence-electron chi connectivity index (χ4n) is 2.51. The van der Waals surface area contributed by atoms with Crippen LogP contribution in [0, 0.1) is 11.7 Å². The van der Waals surface area contributed by atoms with Gasteiger partial charge in [-0.1, -0.05) is 25.1 Å². The molecule has 1 heterocycles. The van der Waals surface area contributed by atoms with Gasteiger partial charge in [0.1, 0.15) is 5.82 Å². The zero-order chi connectivity index (χ0) is 16.1. The molecule has 1 fully saturated rings. The van der Waals surface area contributed by atoms with Gasteiger partial charge in [-0.15, -0.1) is 0 Å². The Morgan fingerprint density at radius 1 is 1.45 bits per heavy atom. The summed E-state index contributed by atoms with van der Waals surface area (Å²) in [7, 11) is 0. The number of nitrogens with zero attached hydrogens (tertiary/aromatic N) is 1. The van der Waals surface area contributed by atoms with Gasteiger partial charge in [-0.05, 0) is 24.5 Å². The van der Waals surface area contributed by atoms with Gasteiger partial charge in [0, 0.05) is 12.5 Å². The van der Waals surface area contributed by atoms with Crippen molar-refractivity contribution in [3.05, 3.63) is 35.6 Å². The molecule has 0 radical (unpaired) electrons. The maximum atomic E-state index is 13.6. The van der Waals surface area contributed by atoms with E-state index in [-0.39, 0.29) is 30.8 Å². The zero-order valence-electron chi connectivity index (χ0n) is 12.5. The van der Waals surface area contributed by atoms with Crippen LogP contribution in [-0.2, 0) is 20.7 Å². The largest absolute Gasteiger partial charge is 0.479 e. The molecule has 0 saturated carbocycles. The molecule has 22 heavy (non-hydrogen) atoms. The van der Waals surface area contributed by atoms with E-state index in [1.165, 1.54) is 11.0 Å². The molecule has 6 heteroatoms. The molecule has 1 aliphatic rings. The molecule has 1 saturated heterocycles. The molecule has 120 valence electrons. The van der Waals surface area contributed by atoms with Gasteiger partial charge in [-0.3, -0.25) is 4.79 Å². The molecular formula is C16H20FNO4. The first-order valence-electron chi connectivity index (χ1n) is 7.35. The number of benzene rings is 1. The first kappa shape index (κ1) is 16.4. The lowest BCUT2D eigenvalue weighted by Gasteiger charge is -2.32. The van der Waals surface area contributed by atoms with Gasteiger partial charge in [0.15, 0.2) is 6.10 Å². The Morgan fingerprint density at radius 2 is 2.18 bits per heavy atom. The average Bonchev–Trinajstić information content (AvgIpc) is 2.53. The number of ether oxygens (including phenoxy) is 1. The van der Waals surface area contributed by atoms with E-state index in [9.17, 15) is 14.0 Å². The van der Waals surface area contributed by atoms with Crippen LogP contribution in [0.3, 0.4) is 0 Å². The van der Waals surface area contributed by atoms with E-state index in [0.29, 0.717) is 24.9 Å². The zero-order valence-corrected chi connectivity index (χ0v) is 12.5. The number of hydrogen-bond acceptors (Lipinski definition) is 3. The summed E-state index contributed by atoms with van der Waals surface area (Å²) >= 11 is 0. The van der Waals surface area contributed by atoms with E-state index >= 15 is 0 Å². The van der Waals surface area contributed by atoms with E-state index in [1.54, 1.807) is 25.1 Å². The van der Waals surface area contributed by atoms with Crippen molar-refractivity contribution in [2.75, 3.05) is 19.7 Å². The van der Waals surface area contributed by atoms with Crippen LogP contribution in [0.25, 0.3) is 0 Å². The Labute approximate surface area is 128 Å². The number of carbonyl (C=O) groups is 2. The minimum atomic E-state index is -1.06. The summed E-state index contributed by atoms with van der Waals surface area (Å²) in [5, 5.41) is 8.95. The van der Waals surface area contributed by atoms with Crippen molar-refractivity contribution in [3.8, 4) is 0 Å². The van der Waals surface area contributed by atoms with Gasteiger partial charge in [-0.25, -0.2) is 9.18 Å². The van der Waals surface area contributed by atoms with Crippen LogP contribution in [0.5, 0.6) is 0 Å². The minimum Gasteiger partial charge on any atom is -0.479 e. The molecule has 5 nitrogen and oxygen atoms in total. The monoisotopic (exact) mass is 309 g/mol. The highest BCUT2D eigenvalue weighted by Crippen LogP contribution is 2.16. The van der Waals surface area contributed by atoms with Crippen molar-refractivity contribution < 1.29 is 23.8 Å². The van der Waals surface area contributed by atoms with E-state index in [1.807, 2.05) is 0 Å². The summed E-state index contributed by atoms with van der Waals surface area (Å²) in [5.41, 5.74) is 0.590. The summed E-state index contributed by atoms with van der Waals surface area (Å²) in [6, 6.07) is 6.51. The number of carboxylic acid groups (broad SMARTS) is 1. The molecule has 2 atom stereocenters. The van der Waals surface area contributed by atoms with Crippen molar-refractivity contribution in [1.82, 2.24) is 4.90 Å². The summed E-state index contributed by atoms with van der Waals surface area (Å²) < 4.78 is 18.7. The number of amides is 1. The van der Waals surface area contributed by atoms with Crippen molar-refractivity contribution in [2.45, 2.75) is 25.9 Å². The third-order valence-electron chi connectivity index (χ3n) is 3.88. The van der Waals surface area contributed by atoms with Gasteiger partial charge in [0.05, 0.1) is 13.2 Å². The Bertz CT molecular complexity index is 549. The highest BCUT2D eigenvalue weighted by Gasteiger charge is 2.30. The Morgan fingerprint density at radius 3 is 2.86 bits per heavy atom. The van der Waals surface area contributed by atoms with E-state index < -0.39 is 12.1 Å². The topological polar surface area (TPSA) is 66.8 Å². The maximum absolute atomic E-state index is 13.6. The van der Waals surface area contributed by atoms with Crippen molar-refractivity contribution >= 4 is 11.9 Å². The molecule has 0 bridgehead atoms. The smallest absolute Gasteiger partial charge is 0.334 e. The number of aryl methyl sites for hydroxylation is 1. The highest BCUT2D eigenvalue weighted by molar-refractivity contribution is 5.80. The lowest BCUT2D eigenvalue weighted by Crippen LogP contribution is -2.50. The molecular weight excluding hydrogens is 289 g/mol. The molecule has 0 aromatic heterocycles. The van der Waals surface area contributed by atoms with Crippen molar-refractivity contribution in [1.29, 1.82) is 0 Å². The molecule has 1 aromatic rings. The van der Waals surface area contributed by atoms with Gasteiger partial charge in [0.25, 0.3) is 0 Å². The molecule has 0 unspecified atom stereocenters. The van der Waals surface area contributed by atoms with Crippen LogP contribution in [0.1, 0.15) is 18.9 Å². The Hall–Kier alpha value is -1.95. The molecule has 1 aliphatic heterocycles. The summed E-state index contributed by atoms with van der Waals surface area (Å²) in [6.07, 6.45) is 0.0395. The number of aliphatic carboxylic acids is 1. The molecule has 2 rings (SSSR count). The number of rotatable bonds is 5. The second-order valence-electron chi connectivity index (χ2n) is 5.51. The number of halogens is 1. The predicted molar refractivity (Wildman–Crippen MR) is 77.8 cm³/mol. The summed E-state index contributed by atoms with van der Waals surface area (Å²) in [4.78, 5) is 24.8. The maximum Gasteiger partial charge on any atom is 0.334 e. The lowest BCUT2D eigenvalue weighted by molar-refractivity contribution is -0.160. The average molecular weight is 309 g/mol. The summed E-state index contributed by atoms with van der Waals surface area (Å²) in [5.74, 6) is -1.71. The molecule has 0 aliphatic carbocycles. The van der Waals surface area contributed by atoms with Gasteiger partial charge in [-0.2, -0.15) is 0 Å². The first-order valence-corrected chi connectivity index (χ1v) is 7.35. The normalized spacial score (nSPS) is 19.7. The lowest BCUT2D eigenvalue weighted by atomic mass is 9.99. The van der Waals surface area contributed by atoms with Crippen molar-refractivity contribution in [2.24, 2.45) is 5.92 Å². The fraction of sp³-hybridized carbons (Fsp3) is 0.500.